The Hall–Kier alpha value is -4.67. The van der Waals surface area contributed by atoms with Crippen molar-refractivity contribution in [2.75, 3.05) is 27.8 Å². The summed E-state index contributed by atoms with van der Waals surface area (Å²) in [5.74, 6) is -2.28. The van der Waals surface area contributed by atoms with Gasteiger partial charge in [0, 0.05) is 26.1 Å². The highest BCUT2D eigenvalue weighted by molar-refractivity contribution is 5.98. The van der Waals surface area contributed by atoms with Crippen LogP contribution in [-0.2, 0) is 42.7 Å². The first-order valence-electron chi connectivity index (χ1n) is 21.8. The summed E-state index contributed by atoms with van der Waals surface area (Å²) in [6, 6.07) is 7.39. The molecule has 64 heavy (non-hydrogen) atoms. The topological polar surface area (TPSA) is 164 Å². The molecule has 2 saturated heterocycles. The number of carbonyl (C=O) groups is 3. The van der Waals surface area contributed by atoms with Crippen LogP contribution >= 0.6 is 0 Å². The largest absolute Gasteiger partial charge is 0.467 e. The molecule has 2 aromatic rings. The van der Waals surface area contributed by atoms with E-state index in [4.69, 9.17) is 47.4 Å². The quantitative estimate of drug-likeness (QED) is 0.168. The lowest BCUT2D eigenvalue weighted by Gasteiger charge is -2.23. The maximum Gasteiger partial charge on any atom is 0.342 e. The van der Waals surface area contributed by atoms with Crippen LogP contribution in [0.5, 0.6) is 11.5 Å². The fourth-order valence-corrected chi connectivity index (χ4v) is 7.70. The molecule has 0 radical (unpaired) electrons. The molecular formula is C50H66O14. The molecule has 350 valence electrons. The number of fused-ring (bicyclic) bond motifs is 4. The summed E-state index contributed by atoms with van der Waals surface area (Å²) in [5.41, 5.74) is 3.89. The molecule has 0 saturated carbocycles. The zero-order valence-electron chi connectivity index (χ0n) is 39.2. The molecule has 1 unspecified atom stereocenters. The van der Waals surface area contributed by atoms with Crippen molar-refractivity contribution < 1.29 is 66.9 Å². The fourth-order valence-electron chi connectivity index (χ4n) is 7.70. The van der Waals surface area contributed by atoms with Gasteiger partial charge in [-0.2, -0.15) is 0 Å². The zero-order valence-corrected chi connectivity index (χ0v) is 39.2. The van der Waals surface area contributed by atoms with Crippen molar-refractivity contribution in [3.63, 3.8) is 0 Å². The van der Waals surface area contributed by atoms with E-state index < -0.39 is 60.1 Å². The van der Waals surface area contributed by atoms with Crippen LogP contribution in [0.1, 0.15) is 111 Å². The summed E-state index contributed by atoms with van der Waals surface area (Å²) in [5, 5.41) is 10.7. The number of rotatable bonds is 6. The van der Waals surface area contributed by atoms with E-state index in [-0.39, 0.29) is 37.3 Å². The Balaban J connectivity index is 0.000000241. The second-order valence-electron chi connectivity index (χ2n) is 17.6. The molecule has 0 spiro atoms. The summed E-state index contributed by atoms with van der Waals surface area (Å²) < 4.78 is 56.8. The molecular weight excluding hydrogens is 825 g/mol. The summed E-state index contributed by atoms with van der Waals surface area (Å²) in [4.78, 5) is 39.1. The predicted molar refractivity (Wildman–Crippen MR) is 240 cm³/mol. The lowest BCUT2D eigenvalue weighted by atomic mass is 9.98. The van der Waals surface area contributed by atoms with E-state index >= 15 is 0 Å². The van der Waals surface area contributed by atoms with E-state index in [1.807, 2.05) is 91.0 Å². The number of benzene rings is 2. The van der Waals surface area contributed by atoms with Gasteiger partial charge in [0.15, 0.2) is 30.9 Å². The maximum absolute atomic E-state index is 13.2. The Morgan fingerprint density at radius 1 is 0.625 bits per heavy atom. The second-order valence-corrected chi connectivity index (χ2v) is 17.6. The normalized spacial score (nSPS) is 30.1. The minimum atomic E-state index is -0.853. The number of cyclic esters (lactones) is 2. The molecule has 4 heterocycles. The number of methoxy groups -OCH3 is 2. The first kappa shape index (κ1) is 50.3. The van der Waals surface area contributed by atoms with Crippen molar-refractivity contribution in [3.8, 4) is 11.5 Å². The molecule has 4 aliphatic heterocycles. The van der Waals surface area contributed by atoms with Crippen LogP contribution in [0, 0.1) is 25.7 Å². The van der Waals surface area contributed by atoms with Crippen LogP contribution < -0.4 is 9.47 Å². The van der Waals surface area contributed by atoms with Crippen LogP contribution in [0.15, 0.2) is 60.7 Å². The fraction of sp³-hybridized carbons (Fsp3) is 0.540. The van der Waals surface area contributed by atoms with Gasteiger partial charge in [0.25, 0.3) is 0 Å². The molecule has 2 fully saturated rings. The van der Waals surface area contributed by atoms with E-state index in [1.54, 1.807) is 45.1 Å². The maximum atomic E-state index is 13.2. The highest BCUT2D eigenvalue weighted by Gasteiger charge is 2.45. The number of hydrogen-bond acceptors (Lipinski definition) is 14. The van der Waals surface area contributed by atoms with Crippen molar-refractivity contribution in [2.24, 2.45) is 11.8 Å². The van der Waals surface area contributed by atoms with E-state index in [0.29, 0.717) is 46.6 Å². The third-order valence-electron chi connectivity index (χ3n) is 11.2. The smallest absolute Gasteiger partial charge is 0.342 e. The van der Waals surface area contributed by atoms with Gasteiger partial charge >= 0.3 is 11.9 Å². The SMILES string of the molecule is COCOc1cc(C)cc2c1C(=O)O[C@@H](C)[C@H](C)/C=C\C(=O)[C@H]1OC(C)(C)O[C@H]1CC=C2.COCOc1cc(C)cc2c1C(=O)O[C@@H](C)[C@H](C)/C=C\C(O)[C@H]1OC(C)(C)O[C@H]1CC=C2. The lowest BCUT2D eigenvalue weighted by Crippen LogP contribution is -2.34. The number of aliphatic hydroxyl groups excluding tert-OH is 1. The molecule has 0 amide bonds. The van der Waals surface area contributed by atoms with E-state index in [2.05, 4.69) is 0 Å². The van der Waals surface area contributed by atoms with E-state index in [1.165, 1.54) is 20.3 Å². The number of ketones is 1. The first-order chi connectivity index (χ1) is 30.2. The number of aryl methyl sites for hydroxylation is 2. The van der Waals surface area contributed by atoms with Crippen molar-refractivity contribution >= 4 is 29.9 Å². The Morgan fingerprint density at radius 3 is 1.61 bits per heavy atom. The highest BCUT2D eigenvalue weighted by atomic mass is 16.8. The zero-order chi connectivity index (χ0) is 46.9. The molecule has 0 aliphatic carbocycles. The Morgan fingerprint density at radius 2 is 1.09 bits per heavy atom. The highest BCUT2D eigenvalue weighted by Crippen LogP contribution is 2.36. The second kappa shape index (κ2) is 22.0. The molecule has 14 nitrogen and oxygen atoms in total. The van der Waals surface area contributed by atoms with Crippen molar-refractivity contribution in [2.45, 2.75) is 136 Å². The van der Waals surface area contributed by atoms with Gasteiger partial charge in [-0.05, 0) is 109 Å². The average molecular weight is 891 g/mol. The standard InChI is InChI=1S/C25H34O7.C25H32O7/c2*1-15-12-18-8-7-9-20-23(32-25(4,5)31-20)19(26)11-10-16(2)17(3)30-24(27)22(18)21(13-15)29-14-28-6/h7-8,10-13,16-17,19-20,23,26H,9,14H2,1-6H3;7-8,10-13,16-17,20,23H,9,14H2,1-6H3/b2*8-7?,11-10-/t16-,17+,19?,20+,23-;16-,17+,20+,23-/m11/s1. The van der Waals surface area contributed by atoms with Crippen molar-refractivity contribution in [1.29, 1.82) is 0 Å². The predicted octanol–water partition coefficient (Wildman–Crippen LogP) is 8.23. The molecule has 4 aliphatic rings. The molecule has 0 aromatic heterocycles. The number of carbonyl (C=O) groups excluding carboxylic acids is 3. The van der Waals surface area contributed by atoms with Crippen LogP contribution in [0.3, 0.4) is 0 Å². The number of ether oxygens (including phenoxy) is 10. The molecule has 1 N–H and O–H groups in total. The van der Waals surface area contributed by atoms with Gasteiger partial charge in [-0.3, -0.25) is 4.79 Å². The average Bonchev–Trinajstić information content (AvgIpc) is 3.71. The van der Waals surface area contributed by atoms with Crippen LogP contribution in [0.2, 0.25) is 0 Å². The van der Waals surface area contributed by atoms with E-state index in [9.17, 15) is 19.5 Å². The minimum absolute atomic E-state index is 0.00765. The Labute approximate surface area is 377 Å². The Kier molecular flexibility index (Phi) is 17.3. The summed E-state index contributed by atoms with van der Waals surface area (Å²) >= 11 is 0. The Bertz CT molecular complexity index is 2080. The molecule has 14 heteroatoms. The van der Waals surface area contributed by atoms with Crippen LogP contribution in [0.4, 0.5) is 0 Å². The number of esters is 2. The number of aliphatic hydroxyl groups is 1. The van der Waals surface area contributed by atoms with Gasteiger partial charge in [0.2, 0.25) is 0 Å². The summed E-state index contributed by atoms with van der Waals surface area (Å²) in [6.45, 7) is 18.6. The third-order valence-corrected chi connectivity index (χ3v) is 11.2. The van der Waals surface area contributed by atoms with Gasteiger partial charge in [-0.15, -0.1) is 0 Å². The molecule has 2 aromatic carbocycles. The summed E-state index contributed by atoms with van der Waals surface area (Å²) in [7, 11) is 3.05. The number of hydrogen-bond donors (Lipinski definition) is 1. The lowest BCUT2D eigenvalue weighted by molar-refractivity contribution is -0.152. The summed E-state index contributed by atoms with van der Waals surface area (Å²) in [6.07, 6.45) is 11.5. The van der Waals surface area contributed by atoms with E-state index in [0.717, 1.165) is 11.1 Å². The van der Waals surface area contributed by atoms with Crippen molar-refractivity contribution in [1.82, 2.24) is 0 Å². The molecule has 6 rings (SSSR count). The van der Waals surface area contributed by atoms with Crippen molar-refractivity contribution in [3.05, 3.63) is 94.1 Å². The van der Waals surface area contributed by atoms with Gasteiger partial charge in [-0.25, -0.2) is 9.59 Å². The van der Waals surface area contributed by atoms with Gasteiger partial charge in [-0.1, -0.05) is 68.5 Å². The molecule has 9 atom stereocenters. The van der Waals surface area contributed by atoms with Crippen LogP contribution in [0.25, 0.3) is 12.2 Å². The molecule has 0 bridgehead atoms. The van der Waals surface area contributed by atoms with Crippen LogP contribution in [-0.4, -0.2) is 105 Å². The van der Waals surface area contributed by atoms with Gasteiger partial charge < -0.3 is 52.5 Å². The minimum Gasteiger partial charge on any atom is -0.467 e. The monoisotopic (exact) mass is 890 g/mol. The third kappa shape index (κ3) is 13.2. The van der Waals surface area contributed by atoms with Gasteiger partial charge in [0.1, 0.15) is 53.1 Å². The van der Waals surface area contributed by atoms with Gasteiger partial charge in [0.05, 0.1) is 12.2 Å². The first-order valence-corrected chi connectivity index (χ1v) is 21.8.